The van der Waals surface area contributed by atoms with Crippen LogP contribution in [-0.4, -0.2) is 37.1 Å². The number of hydrogen-bond acceptors (Lipinski definition) is 4. The van der Waals surface area contributed by atoms with E-state index in [0.29, 0.717) is 18.5 Å². The standard InChI is InChI=1S/C21H27N5O2.HI/c1-16-8-10-19(11-9-16)25-12-4-6-18(15-25)24-21(22-2)23-14-17-5-3-7-20(13-17)26(27)28;/h3,5,7-11,13,18H,4,6,12,14-15H2,1-2H3,(H2,22,23,24);1H. The molecule has 2 N–H and O–H groups in total. The molecule has 0 aliphatic carbocycles. The number of non-ortho nitro benzene ring substituents is 1. The van der Waals surface area contributed by atoms with Crippen LogP contribution in [-0.2, 0) is 6.54 Å². The van der Waals surface area contributed by atoms with Crippen LogP contribution in [0.3, 0.4) is 0 Å². The largest absolute Gasteiger partial charge is 0.369 e. The van der Waals surface area contributed by atoms with E-state index in [1.54, 1.807) is 19.2 Å². The Hall–Kier alpha value is -2.36. The number of nitrogens with zero attached hydrogens (tertiary/aromatic N) is 3. The Bertz CT molecular complexity index is 841. The van der Waals surface area contributed by atoms with Crippen LogP contribution in [0.4, 0.5) is 11.4 Å². The molecule has 1 aliphatic heterocycles. The second-order valence-corrected chi connectivity index (χ2v) is 7.12. The van der Waals surface area contributed by atoms with Crippen molar-refractivity contribution in [1.82, 2.24) is 10.6 Å². The lowest BCUT2D eigenvalue weighted by Gasteiger charge is -2.35. The summed E-state index contributed by atoms with van der Waals surface area (Å²) in [6.45, 7) is 4.55. The molecule has 1 aliphatic rings. The minimum atomic E-state index is -0.377. The highest BCUT2D eigenvalue weighted by atomic mass is 127. The number of aliphatic imine (C=N–C) groups is 1. The van der Waals surface area contributed by atoms with Crippen molar-refractivity contribution in [3.8, 4) is 0 Å². The van der Waals surface area contributed by atoms with E-state index in [1.807, 2.05) is 6.07 Å². The van der Waals surface area contributed by atoms with Gasteiger partial charge in [-0.15, -0.1) is 24.0 Å². The molecular weight excluding hydrogens is 481 g/mol. The van der Waals surface area contributed by atoms with Gasteiger partial charge in [0, 0.05) is 50.5 Å². The summed E-state index contributed by atoms with van der Waals surface area (Å²) in [4.78, 5) is 17.2. The fourth-order valence-electron chi connectivity index (χ4n) is 3.44. The second kappa shape index (κ2) is 11.0. The van der Waals surface area contributed by atoms with Crippen molar-refractivity contribution in [3.63, 3.8) is 0 Å². The number of nitro benzene ring substituents is 1. The Morgan fingerprint density at radius 2 is 2.03 bits per heavy atom. The zero-order valence-electron chi connectivity index (χ0n) is 16.8. The molecule has 1 unspecified atom stereocenters. The van der Waals surface area contributed by atoms with Gasteiger partial charge in [-0.1, -0.05) is 29.8 Å². The molecule has 1 fully saturated rings. The van der Waals surface area contributed by atoms with Crippen LogP contribution in [0.25, 0.3) is 0 Å². The van der Waals surface area contributed by atoms with Crippen LogP contribution in [0, 0.1) is 17.0 Å². The van der Waals surface area contributed by atoms with Gasteiger partial charge in [0.05, 0.1) is 4.92 Å². The molecule has 7 nitrogen and oxygen atoms in total. The average Bonchev–Trinajstić information content (AvgIpc) is 2.72. The number of aryl methyl sites for hydroxylation is 1. The summed E-state index contributed by atoms with van der Waals surface area (Å²) >= 11 is 0. The normalized spacial score (nSPS) is 16.7. The number of piperidine rings is 1. The van der Waals surface area contributed by atoms with Crippen molar-refractivity contribution in [2.24, 2.45) is 4.99 Å². The van der Waals surface area contributed by atoms with Crippen molar-refractivity contribution >= 4 is 41.3 Å². The maximum absolute atomic E-state index is 10.9. The van der Waals surface area contributed by atoms with Gasteiger partial charge in [-0.05, 0) is 37.5 Å². The molecule has 0 aromatic heterocycles. The quantitative estimate of drug-likeness (QED) is 0.210. The van der Waals surface area contributed by atoms with Crippen LogP contribution in [0.5, 0.6) is 0 Å². The smallest absolute Gasteiger partial charge is 0.269 e. The molecule has 0 bridgehead atoms. The highest BCUT2D eigenvalue weighted by molar-refractivity contribution is 14.0. The molecule has 0 amide bonds. The lowest BCUT2D eigenvalue weighted by atomic mass is 10.0. The molecule has 1 saturated heterocycles. The van der Waals surface area contributed by atoms with Gasteiger partial charge in [0.2, 0.25) is 0 Å². The van der Waals surface area contributed by atoms with E-state index in [0.717, 1.165) is 31.5 Å². The van der Waals surface area contributed by atoms with Gasteiger partial charge in [-0.3, -0.25) is 15.1 Å². The second-order valence-electron chi connectivity index (χ2n) is 7.12. The Kier molecular flexibility index (Phi) is 8.69. The monoisotopic (exact) mass is 509 g/mol. The first kappa shape index (κ1) is 22.9. The molecule has 2 aromatic rings. The maximum Gasteiger partial charge on any atom is 0.269 e. The number of hydrogen-bond donors (Lipinski definition) is 2. The number of anilines is 1. The van der Waals surface area contributed by atoms with Gasteiger partial charge >= 0.3 is 0 Å². The molecule has 1 heterocycles. The lowest BCUT2D eigenvalue weighted by Crippen LogP contribution is -2.51. The van der Waals surface area contributed by atoms with Crippen LogP contribution >= 0.6 is 24.0 Å². The Labute approximate surface area is 188 Å². The van der Waals surface area contributed by atoms with Crippen molar-refractivity contribution in [2.75, 3.05) is 25.0 Å². The van der Waals surface area contributed by atoms with E-state index >= 15 is 0 Å². The summed E-state index contributed by atoms with van der Waals surface area (Å²) in [5.41, 5.74) is 3.46. The Balaban J connectivity index is 0.00000300. The van der Waals surface area contributed by atoms with E-state index in [-0.39, 0.29) is 34.6 Å². The van der Waals surface area contributed by atoms with Gasteiger partial charge < -0.3 is 15.5 Å². The fraction of sp³-hybridized carbons (Fsp3) is 0.381. The number of nitrogens with one attached hydrogen (secondary N) is 2. The van der Waals surface area contributed by atoms with Crippen LogP contribution in [0.15, 0.2) is 53.5 Å². The van der Waals surface area contributed by atoms with E-state index in [9.17, 15) is 10.1 Å². The van der Waals surface area contributed by atoms with E-state index < -0.39 is 0 Å². The first-order valence-corrected chi connectivity index (χ1v) is 9.57. The summed E-state index contributed by atoms with van der Waals surface area (Å²) < 4.78 is 0. The van der Waals surface area contributed by atoms with Crippen molar-refractivity contribution in [3.05, 3.63) is 69.8 Å². The fourth-order valence-corrected chi connectivity index (χ4v) is 3.44. The number of guanidine groups is 1. The molecule has 0 saturated carbocycles. The summed E-state index contributed by atoms with van der Waals surface area (Å²) in [6, 6.07) is 15.6. The third-order valence-electron chi connectivity index (χ3n) is 4.97. The maximum atomic E-state index is 10.9. The van der Waals surface area contributed by atoms with Gasteiger partial charge in [-0.2, -0.15) is 0 Å². The predicted molar refractivity (Wildman–Crippen MR) is 128 cm³/mol. The van der Waals surface area contributed by atoms with Gasteiger partial charge in [0.15, 0.2) is 5.96 Å². The van der Waals surface area contributed by atoms with E-state index in [1.165, 1.54) is 17.3 Å². The molecule has 156 valence electrons. The molecular formula is C21H28IN5O2. The van der Waals surface area contributed by atoms with Crippen LogP contribution in [0.1, 0.15) is 24.0 Å². The predicted octanol–water partition coefficient (Wildman–Crippen LogP) is 3.86. The SMILES string of the molecule is CN=C(NCc1cccc([N+](=O)[O-])c1)NC1CCCN(c2ccc(C)cc2)C1.I. The minimum absolute atomic E-state index is 0. The van der Waals surface area contributed by atoms with Gasteiger partial charge in [0.1, 0.15) is 0 Å². The third kappa shape index (κ3) is 6.59. The van der Waals surface area contributed by atoms with E-state index in [4.69, 9.17) is 0 Å². The first-order valence-electron chi connectivity index (χ1n) is 9.57. The molecule has 0 spiro atoms. The topological polar surface area (TPSA) is 82.8 Å². The molecule has 0 radical (unpaired) electrons. The van der Waals surface area contributed by atoms with Crippen LogP contribution in [0.2, 0.25) is 0 Å². The third-order valence-corrected chi connectivity index (χ3v) is 4.97. The highest BCUT2D eigenvalue weighted by Crippen LogP contribution is 2.20. The number of rotatable bonds is 5. The number of nitro groups is 1. The highest BCUT2D eigenvalue weighted by Gasteiger charge is 2.21. The molecule has 3 rings (SSSR count). The summed E-state index contributed by atoms with van der Waals surface area (Å²) in [5, 5.41) is 17.7. The zero-order valence-corrected chi connectivity index (χ0v) is 19.1. The molecule has 1 atom stereocenters. The molecule has 2 aromatic carbocycles. The lowest BCUT2D eigenvalue weighted by molar-refractivity contribution is -0.384. The van der Waals surface area contributed by atoms with Crippen LogP contribution < -0.4 is 15.5 Å². The molecule has 8 heteroatoms. The van der Waals surface area contributed by atoms with Crippen molar-refractivity contribution in [2.45, 2.75) is 32.4 Å². The van der Waals surface area contributed by atoms with Gasteiger partial charge in [0.25, 0.3) is 5.69 Å². The Morgan fingerprint density at radius 3 is 2.72 bits per heavy atom. The molecule has 29 heavy (non-hydrogen) atoms. The van der Waals surface area contributed by atoms with E-state index in [2.05, 4.69) is 51.7 Å². The number of halogens is 1. The summed E-state index contributed by atoms with van der Waals surface area (Å²) in [7, 11) is 1.74. The summed E-state index contributed by atoms with van der Waals surface area (Å²) in [5.74, 6) is 0.710. The summed E-state index contributed by atoms with van der Waals surface area (Å²) in [6.07, 6.45) is 2.20. The van der Waals surface area contributed by atoms with Gasteiger partial charge in [-0.25, -0.2) is 0 Å². The number of benzene rings is 2. The average molecular weight is 509 g/mol. The first-order chi connectivity index (χ1) is 13.5. The zero-order chi connectivity index (χ0) is 19.9. The van der Waals surface area contributed by atoms with Crippen molar-refractivity contribution < 1.29 is 4.92 Å². The minimum Gasteiger partial charge on any atom is -0.369 e. The van der Waals surface area contributed by atoms with Crippen molar-refractivity contribution in [1.29, 1.82) is 0 Å². The Morgan fingerprint density at radius 1 is 1.28 bits per heavy atom.